The van der Waals surface area contributed by atoms with Crippen molar-refractivity contribution in [2.75, 3.05) is 13.1 Å². The van der Waals surface area contributed by atoms with Crippen LogP contribution in [-0.2, 0) is 9.63 Å². The van der Waals surface area contributed by atoms with Crippen LogP contribution in [0.3, 0.4) is 0 Å². The number of carbonyl (C=O) groups is 2. The third-order valence-electron chi connectivity index (χ3n) is 3.45. The molecule has 0 aromatic carbocycles. The maximum atomic E-state index is 13.0. The number of hydrogen-bond donors (Lipinski definition) is 1. The molecule has 2 aliphatic heterocycles. The number of hydrogen-bond acceptors (Lipinski definition) is 3. The van der Waals surface area contributed by atoms with Crippen LogP contribution >= 0.6 is 0 Å². The first-order valence-electron chi connectivity index (χ1n) is 5.88. The van der Waals surface area contributed by atoms with E-state index in [1.807, 2.05) is 6.08 Å². The fourth-order valence-electron chi connectivity index (χ4n) is 2.42. The Bertz CT molecular complexity index is 435. The van der Waals surface area contributed by atoms with Crippen molar-refractivity contribution in [2.24, 2.45) is 5.92 Å². The van der Waals surface area contributed by atoms with Crippen LogP contribution in [0.1, 0.15) is 12.8 Å². The standard InChI is InChI=1S/C11H13FN2O4/c12-9(10(15)16)18-14-8-3-7(6-1-2-6)4-13(5-8)11(14)17/h3,6,8-9H,1-2,4-5H2,(H,15,16). The summed E-state index contributed by atoms with van der Waals surface area (Å²) in [5, 5.41) is 9.29. The van der Waals surface area contributed by atoms with Crippen LogP contribution in [0.4, 0.5) is 9.18 Å². The number of nitrogens with zero attached hydrogens (tertiary/aromatic N) is 2. The van der Waals surface area contributed by atoms with Gasteiger partial charge in [0.25, 0.3) is 0 Å². The van der Waals surface area contributed by atoms with Gasteiger partial charge < -0.3 is 10.0 Å². The van der Waals surface area contributed by atoms with E-state index in [9.17, 15) is 14.0 Å². The van der Waals surface area contributed by atoms with Gasteiger partial charge in [0.15, 0.2) is 0 Å². The summed E-state index contributed by atoms with van der Waals surface area (Å²) in [6, 6.07) is -0.838. The van der Waals surface area contributed by atoms with Crippen LogP contribution in [0.25, 0.3) is 0 Å². The van der Waals surface area contributed by atoms with E-state index in [1.165, 1.54) is 5.57 Å². The average Bonchev–Trinajstić information content (AvgIpc) is 3.15. The summed E-state index contributed by atoms with van der Waals surface area (Å²) in [6.07, 6.45) is 1.66. The van der Waals surface area contributed by atoms with Crippen LogP contribution in [-0.4, -0.2) is 52.6 Å². The molecule has 0 aromatic heterocycles. The van der Waals surface area contributed by atoms with E-state index >= 15 is 0 Å². The lowest BCUT2D eigenvalue weighted by Gasteiger charge is -2.21. The zero-order valence-electron chi connectivity index (χ0n) is 9.58. The Morgan fingerprint density at radius 2 is 2.28 bits per heavy atom. The minimum atomic E-state index is -2.51. The lowest BCUT2D eigenvalue weighted by molar-refractivity contribution is -0.219. The first-order valence-corrected chi connectivity index (χ1v) is 5.88. The highest BCUT2D eigenvalue weighted by Gasteiger charge is 2.44. The van der Waals surface area contributed by atoms with E-state index < -0.39 is 18.4 Å². The first kappa shape index (κ1) is 11.5. The van der Waals surface area contributed by atoms with Crippen LogP contribution in [0.5, 0.6) is 0 Å². The van der Waals surface area contributed by atoms with Crippen LogP contribution in [0, 0.1) is 5.92 Å². The monoisotopic (exact) mass is 256 g/mol. The molecule has 1 N–H and O–H groups in total. The van der Waals surface area contributed by atoms with Gasteiger partial charge in [-0.05, 0) is 24.3 Å². The molecule has 0 aromatic rings. The van der Waals surface area contributed by atoms with E-state index in [0.29, 0.717) is 19.0 Å². The number of carbonyl (C=O) groups excluding carboxylic acids is 1. The molecule has 1 aliphatic carbocycles. The molecule has 1 saturated carbocycles. The first-order chi connectivity index (χ1) is 8.56. The van der Waals surface area contributed by atoms with E-state index in [0.717, 1.165) is 17.9 Å². The Hall–Kier alpha value is -1.63. The molecular weight excluding hydrogens is 243 g/mol. The van der Waals surface area contributed by atoms with Gasteiger partial charge in [0.2, 0.25) is 0 Å². The highest BCUT2D eigenvalue weighted by Crippen LogP contribution is 2.40. The number of alkyl halides is 1. The van der Waals surface area contributed by atoms with E-state index in [4.69, 9.17) is 5.11 Å². The molecule has 1 saturated heterocycles. The zero-order chi connectivity index (χ0) is 12.9. The third-order valence-corrected chi connectivity index (χ3v) is 3.45. The smallest absolute Gasteiger partial charge is 0.368 e. The summed E-state index contributed by atoms with van der Waals surface area (Å²) < 4.78 is 13.0. The number of amides is 2. The molecule has 0 radical (unpaired) electrons. The minimum absolute atomic E-state index is 0.376. The van der Waals surface area contributed by atoms with Crippen molar-refractivity contribution in [1.82, 2.24) is 9.96 Å². The molecule has 2 amide bonds. The highest BCUT2D eigenvalue weighted by atomic mass is 19.1. The summed E-state index contributed by atoms with van der Waals surface area (Å²) >= 11 is 0. The number of halogens is 1. The quantitative estimate of drug-likeness (QED) is 0.754. The average molecular weight is 256 g/mol. The third kappa shape index (κ3) is 1.84. The topological polar surface area (TPSA) is 70.1 Å². The summed E-state index contributed by atoms with van der Waals surface area (Å²) in [4.78, 5) is 28.4. The second-order valence-electron chi connectivity index (χ2n) is 4.83. The summed E-state index contributed by atoms with van der Waals surface area (Å²) in [5.74, 6) is -1.20. The van der Waals surface area contributed by atoms with E-state index in [1.54, 1.807) is 4.90 Å². The van der Waals surface area contributed by atoms with Crippen LogP contribution in [0.2, 0.25) is 0 Å². The number of fused-ring (bicyclic) bond motifs is 2. The number of carboxylic acids is 1. The molecule has 2 fully saturated rings. The maximum Gasteiger partial charge on any atom is 0.368 e. The number of carboxylic acid groups (broad SMARTS) is 1. The predicted molar refractivity (Wildman–Crippen MR) is 57.0 cm³/mol. The Kier molecular flexibility index (Phi) is 2.51. The number of urea groups is 1. The fourth-order valence-corrected chi connectivity index (χ4v) is 2.42. The predicted octanol–water partition coefficient (Wildman–Crippen LogP) is 0.754. The Morgan fingerprint density at radius 1 is 1.56 bits per heavy atom. The molecule has 2 bridgehead atoms. The van der Waals surface area contributed by atoms with Crippen LogP contribution in [0.15, 0.2) is 11.6 Å². The molecule has 18 heavy (non-hydrogen) atoms. The van der Waals surface area contributed by atoms with Crippen molar-refractivity contribution in [2.45, 2.75) is 25.2 Å². The molecule has 3 aliphatic rings. The minimum Gasteiger partial charge on any atom is -0.477 e. The summed E-state index contributed by atoms with van der Waals surface area (Å²) in [5.41, 5.74) is 1.18. The number of hydroxylamine groups is 2. The molecule has 6 nitrogen and oxygen atoms in total. The van der Waals surface area contributed by atoms with E-state index in [2.05, 4.69) is 4.84 Å². The van der Waals surface area contributed by atoms with Gasteiger partial charge in [0, 0.05) is 13.1 Å². The molecule has 3 rings (SSSR count). The van der Waals surface area contributed by atoms with Gasteiger partial charge >= 0.3 is 18.4 Å². The van der Waals surface area contributed by atoms with Gasteiger partial charge in [-0.1, -0.05) is 6.08 Å². The van der Waals surface area contributed by atoms with Gasteiger partial charge in [0.05, 0.1) is 6.04 Å². The zero-order valence-corrected chi connectivity index (χ0v) is 9.58. The van der Waals surface area contributed by atoms with Crippen molar-refractivity contribution < 1.29 is 23.9 Å². The van der Waals surface area contributed by atoms with Gasteiger partial charge in [-0.3, -0.25) is 0 Å². The Labute approximate surface area is 103 Å². The molecule has 7 heteroatoms. The SMILES string of the molecule is O=C(O)C(F)ON1C(=O)N2CC(C3CC3)=CC1C2. The Balaban J connectivity index is 1.75. The lowest BCUT2D eigenvalue weighted by Crippen LogP contribution is -2.38. The van der Waals surface area contributed by atoms with Crippen LogP contribution < -0.4 is 0 Å². The second kappa shape index (κ2) is 3.94. The van der Waals surface area contributed by atoms with E-state index in [-0.39, 0.29) is 6.04 Å². The summed E-state index contributed by atoms with van der Waals surface area (Å²) in [6.45, 7) is 0.977. The lowest BCUT2D eigenvalue weighted by atomic mass is 10.0. The van der Waals surface area contributed by atoms with Gasteiger partial charge in [0.1, 0.15) is 0 Å². The Morgan fingerprint density at radius 3 is 2.89 bits per heavy atom. The second-order valence-corrected chi connectivity index (χ2v) is 4.83. The van der Waals surface area contributed by atoms with Crippen molar-refractivity contribution >= 4 is 12.0 Å². The van der Waals surface area contributed by atoms with Gasteiger partial charge in [-0.25, -0.2) is 18.8 Å². The van der Waals surface area contributed by atoms with Gasteiger partial charge in [-0.15, -0.1) is 0 Å². The van der Waals surface area contributed by atoms with Gasteiger partial charge in [-0.2, -0.15) is 5.06 Å². The molecule has 98 valence electrons. The summed E-state index contributed by atoms with van der Waals surface area (Å²) in [7, 11) is 0. The maximum absolute atomic E-state index is 13.0. The normalized spacial score (nSPS) is 28.4. The molecule has 2 unspecified atom stereocenters. The number of rotatable bonds is 4. The molecule has 0 spiro atoms. The largest absolute Gasteiger partial charge is 0.477 e. The number of aliphatic carboxylic acids is 1. The van der Waals surface area contributed by atoms with Crippen molar-refractivity contribution in [3.8, 4) is 0 Å². The fraction of sp³-hybridized carbons (Fsp3) is 0.636. The van der Waals surface area contributed by atoms with Crippen molar-refractivity contribution in [3.05, 3.63) is 11.6 Å². The van der Waals surface area contributed by atoms with Crippen molar-refractivity contribution in [1.29, 1.82) is 0 Å². The highest BCUT2D eigenvalue weighted by molar-refractivity contribution is 5.78. The molecular formula is C11H13FN2O4. The molecule has 2 atom stereocenters. The molecule has 2 heterocycles. The van der Waals surface area contributed by atoms with Crippen molar-refractivity contribution in [3.63, 3.8) is 0 Å².